The van der Waals surface area contributed by atoms with Crippen molar-refractivity contribution in [2.45, 2.75) is 26.4 Å². The van der Waals surface area contributed by atoms with Gasteiger partial charge in [0, 0.05) is 39.1 Å². The summed E-state index contributed by atoms with van der Waals surface area (Å²) in [5.41, 5.74) is 2.50. The number of nitrogens with one attached hydrogen (secondary N) is 1. The molecule has 0 spiro atoms. The van der Waals surface area contributed by atoms with Crippen LogP contribution in [0.1, 0.15) is 17.5 Å². The van der Waals surface area contributed by atoms with Gasteiger partial charge in [0.1, 0.15) is 12.4 Å². The Balaban J connectivity index is 1.24. The van der Waals surface area contributed by atoms with Gasteiger partial charge in [-0.1, -0.05) is 24.3 Å². The molecule has 174 valence electrons. The van der Waals surface area contributed by atoms with E-state index in [0.29, 0.717) is 24.1 Å². The Morgan fingerprint density at radius 3 is 2.82 bits per heavy atom. The second-order valence-electron chi connectivity index (χ2n) is 8.19. The zero-order valence-corrected chi connectivity index (χ0v) is 19.0. The van der Waals surface area contributed by atoms with Crippen LogP contribution in [0.25, 0.3) is 10.9 Å². The van der Waals surface area contributed by atoms with Crippen LogP contribution in [0.2, 0.25) is 0 Å². The maximum Gasteiger partial charge on any atom is 0.261 e. The van der Waals surface area contributed by atoms with Crippen LogP contribution >= 0.6 is 0 Å². The average Bonchev–Trinajstić information content (AvgIpc) is 2.84. The highest BCUT2D eigenvalue weighted by atomic mass is 16.5. The van der Waals surface area contributed by atoms with Crippen molar-refractivity contribution in [2.75, 3.05) is 39.5 Å². The molecule has 0 radical (unpaired) electrons. The molecule has 0 unspecified atom stereocenters. The highest BCUT2D eigenvalue weighted by Gasteiger charge is 2.10. The summed E-state index contributed by atoms with van der Waals surface area (Å²) in [4.78, 5) is 31.7. The van der Waals surface area contributed by atoms with E-state index in [-0.39, 0.29) is 24.4 Å². The maximum atomic E-state index is 12.7. The summed E-state index contributed by atoms with van der Waals surface area (Å²) in [6.07, 6.45) is 1.72. The standard InChI is InChI=1S/C25H30N4O4/c1-19-4-2-7-22-24(19)27-18-29(25(22)31)9-8-23(30)26-17-20-5-3-6-21(16-20)33-15-12-28-10-13-32-14-11-28/h2-7,16,18H,8-15,17H2,1H3,(H,26,30). The third kappa shape index (κ3) is 6.18. The van der Waals surface area contributed by atoms with Gasteiger partial charge in [-0.25, -0.2) is 4.98 Å². The first-order chi connectivity index (χ1) is 16.1. The van der Waals surface area contributed by atoms with Crippen molar-refractivity contribution in [1.29, 1.82) is 0 Å². The van der Waals surface area contributed by atoms with Gasteiger partial charge < -0.3 is 14.8 Å². The number of aromatic nitrogens is 2. The molecule has 1 amide bonds. The zero-order chi connectivity index (χ0) is 23.0. The Labute approximate surface area is 193 Å². The van der Waals surface area contributed by atoms with E-state index in [4.69, 9.17) is 9.47 Å². The van der Waals surface area contributed by atoms with Crippen LogP contribution in [0, 0.1) is 6.92 Å². The van der Waals surface area contributed by atoms with Crippen molar-refractivity contribution in [2.24, 2.45) is 0 Å². The Morgan fingerprint density at radius 1 is 1.15 bits per heavy atom. The highest BCUT2D eigenvalue weighted by Crippen LogP contribution is 2.14. The van der Waals surface area contributed by atoms with Crippen molar-refractivity contribution in [3.8, 4) is 5.75 Å². The lowest BCUT2D eigenvalue weighted by Gasteiger charge is -2.26. The molecule has 0 atom stereocenters. The molecule has 1 N–H and O–H groups in total. The zero-order valence-electron chi connectivity index (χ0n) is 19.0. The number of fused-ring (bicyclic) bond motifs is 1. The number of morpholine rings is 1. The number of aryl methyl sites for hydroxylation is 2. The molecule has 1 fully saturated rings. The molecule has 2 heterocycles. The van der Waals surface area contributed by atoms with Crippen LogP contribution in [0.5, 0.6) is 5.75 Å². The Hall–Kier alpha value is -3.23. The third-order valence-corrected chi connectivity index (χ3v) is 5.80. The first kappa shape index (κ1) is 22.9. The molecule has 1 aliphatic rings. The van der Waals surface area contributed by atoms with Crippen LogP contribution in [-0.4, -0.2) is 59.8 Å². The van der Waals surface area contributed by atoms with Gasteiger partial charge in [-0.2, -0.15) is 0 Å². The minimum Gasteiger partial charge on any atom is -0.492 e. The number of ether oxygens (including phenoxy) is 2. The van der Waals surface area contributed by atoms with E-state index in [1.807, 2.05) is 43.3 Å². The van der Waals surface area contributed by atoms with E-state index in [1.54, 1.807) is 6.07 Å². The molecule has 8 heteroatoms. The first-order valence-corrected chi connectivity index (χ1v) is 11.3. The summed E-state index contributed by atoms with van der Waals surface area (Å²) in [5, 5.41) is 3.49. The molecule has 1 aliphatic heterocycles. The Bertz CT molecular complexity index is 1150. The number of carbonyl (C=O) groups is 1. The minimum atomic E-state index is -0.126. The van der Waals surface area contributed by atoms with Crippen LogP contribution in [-0.2, 0) is 22.6 Å². The largest absolute Gasteiger partial charge is 0.492 e. The van der Waals surface area contributed by atoms with Gasteiger partial charge in [0.25, 0.3) is 5.56 Å². The molecule has 0 bridgehead atoms. The number of hydrogen-bond acceptors (Lipinski definition) is 6. The summed E-state index contributed by atoms with van der Waals surface area (Å²) in [5.74, 6) is 0.670. The van der Waals surface area contributed by atoms with Gasteiger partial charge >= 0.3 is 0 Å². The lowest BCUT2D eigenvalue weighted by atomic mass is 10.1. The quantitative estimate of drug-likeness (QED) is 0.538. The van der Waals surface area contributed by atoms with Crippen molar-refractivity contribution in [1.82, 2.24) is 19.8 Å². The van der Waals surface area contributed by atoms with Crippen molar-refractivity contribution in [3.05, 3.63) is 70.3 Å². The van der Waals surface area contributed by atoms with Gasteiger partial charge in [-0.05, 0) is 36.2 Å². The molecule has 8 nitrogen and oxygen atoms in total. The van der Waals surface area contributed by atoms with Crippen LogP contribution < -0.4 is 15.6 Å². The van der Waals surface area contributed by atoms with Gasteiger partial charge in [0.2, 0.25) is 5.91 Å². The minimum absolute atomic E-state index is 0.120. The second-order valence-corrected chi connectivity index (χ2v) is 8.19. The molecular formula is C25H30N4O4. The summed E-state index contributed by atoms with van der Waals surface area (Å²) < 4.78 is 12.7. The lowest BCUT2D eigenvalue weighted by molar-refractivity contribution is -0.121. The predicted molar refractivity (Wildman–Crippen MR) is 126 cm³/mol. The fourth-order valence-corrected chi connectivity index (χ4v) is 3.87. The van der Waals surface area contributed by atoms with Crippen molar-refractivity contribution in [3.63, 3.8) is 0 Å². The number of para-hydroxylation sites is 1. The monoisotopic (exact) mass is 450 g/mol. The molecule has 3 aromatic rings. The van der Waals surface area contributed by atoms with Crippen LogP contribution in [0.4, 0.5) is 0 Å². The van der Waals surface area contributed by atoms with Gasteiger partial charge in [-0.3, -0.25) is 19.1 Å². The molecule has 4 rings (SSSR count). The first-order valence-electron chi connectivity index (χ1n) is 11.3. The topological polar surface area (TPSA) is 85.7 Å². The van der Waals surface area contributed by atoms with E-state index < -0.39 is 0 Å². The van der Waals surface area contributed by atoms with Crippen LogP contribution in [0.15, 0.2) is 53.6 Å². The van der Waals surface area contributed by atoms with E-state index in [2.05, 4.69) is 15.2 Å². The fraction of sp³-hybridized carbons (Fsp3) is 0.400. The van der Waals surface area contributed by atoms with E-state index in [9.17, 15) is 9.59 Å². The van der Waals surface area contributed by atoms with Gasteiger partial charge in [0.15, 0.2) is 0 Å². The predicted octanol–water partition coefficient (Wildman–Crippen LogP) is 2.12. The van der Waals surface area contributed by atoms with Crippen molar-refractivity contribution >= 4 is 16.8 Å². The molecule has 1 aromatic heterocycles. The molecule has 33 heavy (non-hydrogen) atoms. The second kappa shape index (κ2) is 11.1. The summed E-state index contributed by atoms with van der Waals surface area (Å²) in [6.45, 7) is 7.54. The summed E-state index contributed by atoms with van der Waals surface area (Å²) in [6, 6.07) is 13.3. The number of hydrogen-bond donors (Lipinski definition) is 1. The Morgan fingerprint density at radius 2 is 1.97 bits per heavy atom. The van der Waals surface area contributed by atoms with E-state index in [1.165, 1.54) is 10.9 Å². The van der Waals surface area contributed by atoms with E-state index in [0.717, 1.165) is 49.7 Å². The fourth-order valence-electron chi connectivity index (χ4n) is 3.87. The smallest absolute Gasteiger partial charge is 0.261 e. The third-order valence-electron chi connectivity index (χ3n) is 5.80. The number of benzene rings is 2. The highest BCUT2D eigenvalue weighted by molar-refractivity contribution is 5.80. The number of amides is 1. The number of carbonyl (C=O) groups excluding carboxylic acids is 1. The SMILES string of the molecule is Cc1cccc2c(=O)n(CCC(=O)NCc3cccc(OCCN4CCOCC4)c3)cnc12. The lowest BCUT2D eigenvalue weighted by Crippen LogP contribution is -2.38. The summed E-state index contributed by atoms with van der Waals surface area (Å²) in [7, 11) is 0. The molecule has 0 aliphatic carbocycles. The number of rotatable bonds is 9. The average molecular weight is 451 g/mol. The normalized spacial score (nSPS) is 14.3. The molecular weight excluding hydrogens is 420 g/mol. The molecule has 1 saturated heterocycles. The number of nitrogens with zero attached hydrogens (tertiary/aromatic N) is 3. The molecule has 0 saturated carbocycles. The van der Waals surface area contributed by atoms with Crippen molar-refractivity contribution < 1.29 is 14.3 Å². The molecule has 2 aromatic carbocycles. The van der Waals surface area contributed by atoms with Crippen LogP contribution in [0.3, 0.4) is 0 Å². The van der Waals surface area contributed by atoms with Gasteiger partial charge in [0.05, 0.1) is 30.4 Å². The summed E-state index contributed by atoms with van der Waals surface area (Å²) >= 11 is 0. The van der Waals surface area contributed by atoms with Gasteiger partial charge in [-0.15, -0.1) is 0 Å². The van der Waals surface area contributed by atoms with E-state index >= 15 is 0 Å². The Kier molecular flexibility index (Phi) is 7.70. The maximum absolute atomic E-state index is 12.7.